The Balaban J connectivity index is 1.55. The first-order chi connectivity index (χ1) is 9.72. The average Bonchev–Trinajstić information content (AvgIpc) is 3.09. The molecule has 4 rings (SSSR count). The van der Waals surface area contributed by atoms with Crippen molar-refractivity contribution in [1.29, 1.82) is 0 Å². The predicted molar refractivity (Wildman–Crippen MR) is 73.5 cm³/mol. The number of rotatable bonds is 3. The number of hydrogen-bond acceptors (Lipinski definition) is 6. The standard InChI is InChI=1S/C13H18N6O/c14-12-11-13(16-5-15-12)19(6-17-11)7-18-3-9(8-1-2-8)10(20)4-18/h5-6,8-10,20H,1-4,7H2,(H2,14,15,16)/t9-,10+/m1/s1. The van der Waals surface area contributed by atoms with Crippen LogP contribution in [0.2, 0.25) is 0 Å². The summed E-state index contributed by atoms with van der Waals surface area (Å²) in [4.78, 5) is 14.7. The third kappa shape index (κ3) is 1.94. The summed E-state index contributed by atoms with van der Waals surface area (Å²) in [5.41, 5.74) is 7.19. The molecule has 0 spiro atoms. The molecule has 3 heterocycles. The van der Waals surface area contributed by atoms with Crippen LogP contribution in [-0.2, 0) is 6.67 Å². The SMILES string of the molecule is Nc1ncnc2c1ncn2CN1C[C@H](C2CC2)[C@@H](O)C1. The van der Waals surface area contributed by atoms with Crippen molar-refractivity contribution < 1.29 is 5.11 Å². The van der Waals surface area contributed by atoms with Crippen LogP contribution in [-0.4, -0.2) is 48.7 Å². The van der Waals surface area contributed by atoms with Gasteiger partial charge in [-0.2, -0.15) is 0 Å². The number of aromatic nitrogens is 4. The third-order valence-corrected chi connectivity index (χ3v) is 4.42. The minimum absolute atomic E-state index is 0.197. The second-order valence-corrected chi connectivity index (χ2v) is 5.89. The maximum absolute atomic E-state index is 10.1. The molecular formula is C13H18N6O. The first kappa shape index (κ1) is 12.0. The van der Waals surface area contributed by atoms with Gasteiger partial charge < -0.3 is 15.4 Å². The topological polar surface area (TPSA) is 93.1 Å². The first-order valence-electron chi connectivity index (χ1n) is 7.04. The van der Waals surface area contributed by atoms with E-state index in [1.54, 1.807) is 6.33 Å². The molecule has 0 unspecified atom stereocenters. The Morgan fingerprint density at radius 3 is 2.90 bits per heavy atom. The summed E-state index contributed by atoms with van der Waals surface area (Å²) in [7, 11) is 0. The zero-order valence-corrected chi connectivity index (χ0v) is 11.2. The van der Waals surface area contributed by atoms with Crippen LogP contribution in [0.3, 0.4) is 0 Å². The smallest absolute Gasteiger partial charge is 0.166 e. The molecule has 2 atom stereocenters. The zero-order valence-electron chi connectivity index (χ0n) is 11.2. The van der Waals surface area contributed by atoms with E-state index >= 15 is 0 Å². The van der Waals surface area contributed by atoms with Crippen LogP contribution < -0.4 is 5.73 Å². The molecule has 2 aromatic rings. The van der Waals surface area contributed by atoms with Gasteiger partial charge >= 0.3 is 0 Å². The maximum atomic E-state index is 10.1. The summed E-state index contributed by atoms with van der Waals surface area (Å²) in [6.07, 6.45) is 5.55. The zero-order chi connectivity index (χ0) is 13.7. The highest BCUT2D eigenvalue weighted by Crippen LogP contribution is 2.41. The van der Waals surface area contributed by atoms with Crippen molar-refractivity contribution >= 4 is 17.0 Å². The summed E-state index contributed by atoms with van der Waals surface area (Å²) in [5, 5.41) is 10.1. The van der Waals surface area contributed by atoms with Crippen molar-refractivity contribution in [3.63, 3.8) is 0 Å². The maximum Gasteiger partial charge on any atom is 0.166 e. The summed E-state index contributed by atoms with van der Waals surface area (Å²) in [5.74, 6) is 1.57. The van der Waals surface area contributed by atoms with Crippen LogP contribution in [0.25, 0.3) is 11.2 Å². The number of imidazole rings is 1. The molecule has 0 bridgehead atoms. The van der Waals surface area contributed by atoms with E-state index in [1.165, 1.54) is 19.2 Å². The van der Waals surface area contributed by atoms with Gasteiger partial charge in [-0.15, -0.1) is 0 Å². The largest absolute Gasteiger partial charge is 0.391 e. The summed E-state index contributed by atoms with van der Waals surface area (Å²) >= 11 is 0. The number of hydrogen-bond donors (Lipinski definition) is 2. The van der Waals surface area contributed by atoms with Crippen molar-refractivity contribution in [3.8, 4) is 0 Å². The fraction of sp³-hybridized carbons (Fsp3) is 0.615. The molecule has 2 aliphatic rings. The van der Waals surface area contributed by atoms with Crippen LogP contribution >= 0.6 is 0 Å². The minimum atomic E-state index is -0.197. The molecule has 1 saturated carbocycles. The van der Waals surface area contributed by atoms with E-state index in [0.717, 1.165) is 24.7 Å². The van der Waals surface area contributed by atoms with Crippen LogP contribution in [0.1, 0.15) is 12.8 Å². The number of fused-ring (bicyclic) bond motifs is 1. The Labute approximate surface area is 116 Å². The molecule has 1 aliphatic heterocycles. The van der Waals surface area contributed by atoms with E-state index in [-0.39, 0.29) is 6.10 Å². The first-order valence-corrected chi connectivity index (χ1v) is 7.04. The van der Waals surface area contributed by atoms with E-state index in [4.69, 9.17) is 5.73 Å². The summed E-state index contributed by atoms with van der Waals surface area (Å²) in [6.45, 7) is 2.36. The van der Waals surface area contributed by atoms with E-state index in [9.17, 15) is 5.11 Å². The second kappa shape index (κ2) is 4.39. The predicted octanol–water partition coefficient (Wildman–Crippen LogP) is 0.0687. The number of nitrogens with two attached hydrogens (primary N) is 1. The van der Waals surface area contributed by atoms with Gasteiger partial charge in [-0.25, -0.2) is 15.0 Å². The average molecular weight is 274 g/mol. The Morgan fingerprint density at radius 2 is 2.10 bits per heavy atom. The molecule has 106 valence electrons. The second-order valence-electron chi connectivity index (χ2n) is 5.89. The molecule has 0 radical (unpaired) electrons. The van der Waals surface area contributed by atoms with Crippen molar-refractivity contribution in [3.05, 3.63) is 12.7 Å². The molecule has 20 heavy (non-hydrogen) atoms. The van der Waals surface area contributed by atoms with Gasteiger partial charge in [0, 0.05) is 19.0 Å². The summed E-state index contributed by atoms with van der Waals surface area (Å²) < 4.78 is 1.97. The quantitative estimate of drug-likeness (QED) is 0.822. The molecule has 2 aromatic heterocycles. The number of β-amino-alcohol motifs (C(OH)–C–C–N with tert-alkyl or cyclic N) is 1. The van der Waals surface area contributed by atoms with Gasteiger partial charge in [-0.05, 0) is 18.8 Å². The molecule has 7 heteroatoms. The molecule has 1 saturated heterocycles. The molecule has 0 aromatic carbocycles. The van der Waals surface area contributed by atoms with Crippen molar-refractivity contribution in [2.75, 3.05) is 18.8 Å². The Hall–Kier alpha value is -1.73. The van der Waals surface area contributed by atoms with Crippen molar-refractivity contribution in [2.24, 2.45) is 11.8 Å². The van der Waals surface area contributed by atoms with Crippen LogP contribution in [0.15, 0.2) is 12.7 Å². The Kier molecular flexibility index (Phi) is 2.64. The van der Waals surface area contributed by atoms with Crippen LogP contribution in [0.4, 0.5) is 5.82 Å². The van der Waals surface area contributed by atoms with Gasteiger partial charge in [0.05, 0.1) is 19.1 Å². The number of nitrogen functional groups attached to an aromatic ring is 1. The van der Waals surface area contributed by atoms with Gasteiger partial charge in [0.1, 0.15) is 11.8 Å². The minimum Gasteiger partial charge on any atom is -0.391 e. The third-order valence-electron chi connectivity index (χ3n) is 4.42. The number of aliphatic hydroxyl groups is 1. The molecule has 0 amide bonds. The van der Waals surface area contributed by atoms with E-state index in [2.05, 4.69) is 19.9 Å². The number of likely N-dealkylation sites (tertiary alicyclic amines) is 1. The van der Waals surface area contributed by atoms with Gasteiger partial charge in [0.2, 0.25) is 0 Å². The fourth-order valence-corrected chi connectivity index (χ4v) is 3.22. The lowest BCUT2D eigenvalue weighted by molar-refractivity contribution is 0.130. The van der Waals surface area contributed by atoms with E-state index in [0.29, 0.717) is 23.9 Å². The van der Waals surface area contributed by atoms with Gasteiger partial charge in [-0.1, -0.05) is 0 Å². The highest BCUT2D eigenvalue weighted by atomic mass is 16.3. The highest BCUT2D eigenvalue weighted by molar-refractivity contribution is 5.80. The molecular weight excluding hydrogens is 256 g/mol. The van der Waals surface area contributed by atoms with Crippen molar-refractivity contribution in [1.82, 2.24) is 24.4 Å². The van der Waals surface area contributed by atoms with Crippen molar-refractivity contribution in [2.45, 2.75) is 25.6 Å². The monoisotopic (exact) mass is 274 g/mol. The lowest BCUT2D eigenvalue weighted by Crippen LogP contribution is -2.24. The van der Waals surface area contributed by atoms with Crippen LogP contribution in [0, 0.1) is 11.8 Å². The lowest BCUT2D eigenvalue weighted by Gasteiger charge is -2.16. The lowest BCUT2D eigenvalue weighted by atomic mass is 10.0. The van der Waals surface area contributed by atoms with Gasteiger partial charge in [0.25, 0.3) is 0 Å². The molecule has 1 aliphatic carbocycles. The normalized spacial score (nSPS) is 27.4. The number of anilines is 1. The summed E-state index contributed by atoms with van der Waals surface area (Å²) in [6, 6.07) is 0. The Bertz CT molecular complexity index is 637. The molecule has 7 nitrogen and oxygen atoms in total. The number of nitrogens with zero attached hydrogens (tertiary/aromatic N) is 5. The Morgan fingerprint density at radius 1 is 1.25 bits per heavy atom. The highest BCUT2D eigenvalue weighted by Gasteiger charge is 2.41. The van der Waals surface area contributed by atoms with Gasteiger partial charge in [-0.3, -0.25) is 4.90 Å². The molecule has 3 N–H and O–H groups in total. The van der Waals surface area contributed by atoms with E-state index in [1.807, 2.05) is 4.57 Å². The molecule has 2 fully saturated rings. The van der Waals surface area contributed by atoms with E-state index < -0.39 is 0 Å². The fourth-order valence-electron chi connectivity index (χ4n) is 3.22. The van der Waals surface area contributed by atoms with Crippen LogP contribution in [0.5, 0.6) is 0 Å². The number of aliphatic hydroxyl groups excluding tert-OH is 1. The van der Waals surface area contributed by atoms with Gasteiger partial charge in [0.15, 0.2) is 11.5 Å².